The summed E-state index contributed by atoms with van der Waals surface area (Å²) in [5.74, 6) is -1.14. The lowest BCUT2D eigenvalue weighted by Gasteiger charge is -2.12. The molecule has 0 aliphatic heterocycles. The fourth-order valence-electron chi connectivity index (χ4n) is 4.41. The van der Waals surface area contributed by atoms with E-state index in [1.165, 1.54) is 5.56 Å². The highest BCUT2D eigenvalue weighted by atomic mass is 19.1. The van der Waals surface area contributed by atoms with Crippen LogP contribution in [0.2, 0.25) is 0 Å². The fraction of sp³-hybridized carbons (Fsp3) is 0.231. The number of aromatic nitrogens is 2. The molecule has 3 aromatic heterocycles. The predicted octanol–water partition coefficient (Wildman–Crippen LogP) is 6.64. The van der Waals surface area contributed by atoms with Crippen molar-refractivity contribution < 1.29 is 17.8 Å². The molecule has 2 aromatic carbocycles. The van der Waals surface area contributed by atoms with E-state index < -0.39 is 11.8 Å². The van der Waals surface area contributed by atoms with Crippen LogP contribution in [-0.2, 0) is 7.05 Å². The number of pyridine rings is 2. The molecule has 0 aliphatic carbocycles. The first-order valence-electron chi connectivity index (χ1n) is 10.4. The first-order chi connectivity index (χ1) is 14.8. The Morgan fingerprint density at radius 1 is 1.00 bits per heavy atom. The Hall–Kier alpha value is -3.34. The van der Waals surface area contributed by atoms with Gasteiger partial charge < -0.3 is 4.42 Å². The third-order valence-electron chi connectivity index (χ3n) is 6.24. The number of hydrogen-bond donors (Lipinski definition) is 0. The molecule has 5 rings (SSSR count). The van der Waals surface area contributed by atoms with Crippen molar-refractivity contribution in [1.82, 2.24) is 4.98 Å². The maximum Gasteiger partial charge on any atom is 0.232 e. The molecule has 0 unspecified atom stereocenters. The summed E-state index contributed by atoms with van der Waals surface area (Å²) in [6.07, 6.45) is 2.02. The van der Waals surface area contributed by atoms with Crippen LogP contribution in [0.15, 0.2) is 47.0 Å². The number of aryl methyl sites for hydroxylation is 2. The van der Waals surface area contributed by atoms with Crippen LogP contribution in [0, 0.1) is 25.6 Å². The maximum atomic E-state index is 14.7. The van der Waals surface area contributed by atoms with Crippen molar-refractivity contribution in [2.24, 2.45) is 7.05 Å². The molecule has 0 N–H and O–H groups in total. The van der Waals surface area contributed by atoms with Crippen molar-refractivity contribution in [2.75, 3.05) is 0 Å². The van der Waals surface area contributed by atoms with E-state index in [4.69, 9.17) is 4.42 Å². The average molecular weight is 417 g/mol. The normalized spacial score (nSPS) is 12.0. The summed E-state index contributed by atoms with van der Waals surface area (Å²) < 4.78 is 36.5. The van der Waals surface area contributed by atoms with Crippen LogP contribution in [-0.4, -0.2) is 4.98 Å². The average Bonchev–Trinajstić information content (AvgIpc) is 3.07. The molecule has 0 radical (unpaired) electrons. The first kappa shape index (κ1) is 19.6. The lowest BCUT2D eigenvalue weighted by Crippen LogP contribution is -2.31. The minimum Gasteiger partial charge on any atom is -0.437 e. The number of benzene rings is 2. The summed E-state index contributed by atoms with van der Waals surface area (Å²) in [6, 6.07) is 11.3. The summed E-state index contributed by atoms with van der Waals surface area (Å²) in [6.45, 7) is 8.37. The van der Waals surface area contributed by atoms with Gasteiger partial charge >= 0.3 is 0 Å². The highest BCUT2D eigenvalue weighted by molar-refractivity contribution is 6.11. The van der Waals surface area contributed by atoms with Gasteiger partial charge in [0.25, 0.3) is 0 Å². The van der Waals surface area contributed by atoms with E-state index in [1.54, 1.807) is 0 Å². The minimum atomic E-state index is -0.893. The second-order valence-electron chi connectivity index (χ2n) is 8.56. The third-order valence-corrected chi connectivity index (χ3v) is 6.24. The number of halogens is 2. The molecule has 0 aliphatic rings. The van der Waals surface area contributed by atoms with Crippen molar-refractivity contribution in [3.8, 4) is 11.3 Å². The SMILES string of the molecule is Cc1cc2c(oc3nc(F)cc(F)c32)c(-c2c3ccc(C(C)C)cc3cc[n+]2C)c1C. The smallest absolute Gasteiger partial charge is 0.232 e. The largest absolute Gasteiger partial charge is 0.437 e. The van der Waals surface area contributed by atoms with Crippen LogP contribution in [0.3, 0.4) is 0 Å². The quantitative estimate of drug-likeness (QED) is 0.238. The molecule has 156 valence electrons. The highest BCUT2D eigenvalue weighted by Crippen LogP contribution is 2.41. The van der Waals surface area contributed by atoms with Crippen molar-refractivity contribution in [1.29, 1.82) is 0 Å². The lowest BCUT2D eigenvalue weighted by atomic mass is 9.92. The van der Waals surface area contributed by atoms with E-state index in [2.05, 4.69) is 47.7 Å². The fourth-order valence-corrected chi connectivity index (χ4v) is 4.41. The van der Waals surface area contributed by atoms with Crippen molar-refractivity contribution >= 4 is 32.8 Å². The van der Waals surface area contributed by atoms with Gasteiger partial charge in [0.15, 0.2) is 11.8 Å². The van der Waals surface area contributed by atoms with Gasteiger partial charge in [-0.2, -0.15) is 9.37 Å². The van der Waals surface area contributed by atoms with Gasteiger partial charge in [0.1, 0.15) is 12.9 Å². The van der Waals surface area contributed by atoms with Gasteiger partial charge in [0.05, 0.1) is 16.3 Å². The molecule has 0 saturated carbocycles. The molecule has 3 heterocycles. The van der Waals surface area contributed by atoms with E-state index in [-0.39, 0.29) is 11.1 Å². The zero-order valence-electron chi connectivity index (χ0n) is 18.2. The van der Waals surface area contributed by atoms with Gasteiger partial charge in [0.2, 0.25) is 17.4 Å². The summed E-state index contributed by atoms with van der Waals surface area (Å²) in [5.41, 5.74) is 5.64. The van der Waals surface area contributed by atoms with Crippen LogP contribution in [0.5, 0.6) is 0 Å². The van der Waals surface area contributed by atoms with Crippen LogP contribution in [0.4, 0.5) is 8.78 Å². The van der Waals surface area contributed by atoms with Gasteiger partial charge in [-0.1, -0.05) is 26.0 Å². The molecule has 0 saturated heterocycles. The highest BCUT2D eigenvalue weighted by Gasteiger charge is 2.26. The van der Waals surface area contributed by atoms with E-state index in [1.807, 2.05) is 33.2 Å². The zero-order chi connectivity index (χ0) is 22.0. The molecule has 0 bridgehead atoms. The van der Waals surface area contributed by atoms with Crippen LogP contribution in [0.1, 0.15) is 36.5 Å². The standard InChI is InChI=1S/C26H23F2N2O/c1-13(2)16-6-7-18-17(11-16)8-9-30(5)24(18)22-15(4)14(3)10-19-23-20(27)12-21(28)29-26(23)31-25(19)22/h6-13H,1-5H3/q+1. The summed E-state index contributed by atoms with van der Waals surface area (Å²) in [5, 5.41) is 3.02. The molecule has 31 heavy (non-hydrogen) atoms. The zero-order valence-corrected chi connectivity index (χ0v) is 18.2. The van der Waals surface area contributed by atoms with Gasteiger partial charge in [-0.3, -0.25) is 0 Å². The molecule has 3 nitrogen and oxygen atoms in total. The lowest BCUT2D eigenvalue weighted by molar-refractivity contribution is -0.659. The van der Waals surface area contributed by atoms with Crippen LogP contribution >= 0.6 is 0 Å². The Balaban J connectivity index is 1.95. The number of hydrogen-bond acceptors (Lipinski definition) is 2. The Morgan fingerprint density at radius 3 is 2.52 bits per heavy atom. The van der Waals surface area contributed by atoms with Gasteiger partial charge in [0, 0.05) is 17.5 Å². The minimum absolute atomic E-state index is 0.0243. The Kier molecular flexibility index (Phi) is 4.33. The molecule has 0 atom stereocenters. The van der Waals surface area contributed by atoms with E-state index in [9.17, 15) is 8.78 Å². The second kappa shape index (κ2) is 6.84. The summed E-state index contributed by atoms with van der Waals surface area (Å²) in [7, 11) is 1.99. The molecule has 0 amide bonds. The topological polar surface area (TPSA) is 29.9 Å². The van der Waals surface area contributed by atoms with E-state index >= 15 is 0 Å². The second-order valence-corrected chi connectivity index (χ2v) is 8.56. The Morgan fingerprint density at radius 2 is 1.77 bits per heavy atom. The van der Waals surface area contributed by atoms with Crippen molar-refractivity contribution in [3.05, 3.63) is 71.1 Å². The first-order valence-corrected chi connectivity index (χ1v) is 10.4. The van der Waals surface area contributed by atoms with Crippen molar-refractivity contribution in [3.63, 3.8) is 0 Å². The number of fused-ring (bicyclic) bond motifs is 4. The predicted molar refractivity (Wildman–Crippen MR) is 119 cm³/mol. The van der Waals surface area contributed by atoms with Gasteiger partial charge in [-0.25, -0.2) is 8.96 Å². The van der Waals surface area contributed by atoms with E-state index in [0.717, 1.165) is 39.2 Å². The van der Waals surface area contributed by atoms with E-state index in [0.29, 0.717) is 16.9 Å². The molecule has 5 aromatic rings. The third kappa shape index (κ3) is 2.91. The number of nitrogens with zero attached hydrogens (tertiary/aromatic N) is 2. The molecular weight excluding hydrogens is 394 g/mol. The van der Waals surface area contributed by atoms with Crippen LogP contribution in [0.25, 0.3) is 44.1 Å². The maximum absolute atomic E-state index is 14.7. The molecule has 0 fully saturated rings. The van der Waals surface area contributed by atoms with Gasteiger partial charge in [-0.15, -0.1) is 0 Å². The summed E-state index contributed by atoms with van der Waals surface area (Å²) >= 11 is 0. The van der Waals surface area contributed by atoms with Crippen LogP contribution < -0.4 is 4.57 Å². The Labute approximate surface area is 178 Å². The molecular formula is C26H23F2N2O+. The van der Waals surface area contributed by atoms with Crippen molar-refractivity contribution in [2.45, 2.75) is 33.6 Å². The monoisotopic (exact) mass is 417 g/mol. The van der Waals surface area contributed by atoms with Gasteiger partial charge in [-0.05, 0) is 54.0 Å². The molecule has 0 spiro atoms. The molecule has 5 heteroatoms. The Bertz CT molecular complexity index is 1520. The summed E-state index contributed by atoms with van der Waals surface area (Å²) in [4.78, 5) is 3.80. The number of rotatable bonds is 2. The number of furan rings is 1.